The summed E-state index contributed by atoms with van der Waals surface area (Å²) in [6.07, 6.45) is 2.22. The number of rotatable bonds is 8. The van der Waals surface area contributed by atoms with Crippen LogP contribution in [0.1, 0.15) is 29.3 Å². The van der Waals surface area contributed by atoms with Gasteiger partial charge in [-0.25, -0.2) is 4.79 Å². The Labute approximate surface area is 169 Å². The lowest BCUT2D eigenvalue weighted by Gasteiger charge is -2.11. The van der Waals surface area contributed by atoms with Crippen molar-refractivity contribution in [1.29, 1.82) is 5.26 Å². The monoisotopic (exact) mass is 394 g/mol. The number of carbonyl (C=O) groups is 2. The summed E-state index contributed by atoms with van der Waals surface area (Å²) < 4.78 is 15.8. The van der Waals surface area contributed by atoms with Gasteiger partial charge in [0, 0.05) is 6.54 Å². The molecule has 2 aromatic rings. The zero-order valence-electron chi connectivity index (χ0n) is 16.5. The summed E-state index contributed by atoms with van der Waals surface area (Å²) in [5, 5.41) is 11.9. The minimum Gasteiger partial charge on any atom is -0.497 e. The smallest absolute Gasteiger partial charge is 0.343 e. The van der Waals surface area contributed by atoms with Crippen LogP contribution in [0.5, 0.6) is 17.2 Å². The summed E-state index contributed by atoms with van der Waals surface area (Å²) in [6.45, 7) is 2.41. The number of hydrogen-bond donors (Lipinski definition) is 1. The van der Waals surface area contributed by atoms with E-state index in [1.165, 1.54) is 20.3 Å². The Bertz CT molecular complexity index is 960. The Kier molecular flexibility index (Phi) is 7.80. The number of nitriles is 1. The molecule has 0 unspecified atom stereocenters. The number of carbonyl (C=O) groups excluding carboxylic acids is 2. The van der Waals surface area contributed by atoms with Crippen LogP contribution in [0.15, 0.2) is 48.0 Å². The Morgan fingerprint density at radius 2 is 1.90 bits per heavy atom. The predicted octanol–water partition coefficient (Wildman–Crippen LogP) is 3.36. The summed E-state index contributed by atoms with van der Waals surface area (Å²) in [4.78, 5) is 24.4. The predicted molar refractivity (Wildman–Crippen MR) is 108 cm³/mol. The largest absolute Gasteiger partial charge is 0.497 e. The molecule has 0 aliphatic carbocycles. The highest BCUT2D eigenvalue weighted by molar-refractivity contribution is 6.01. The van der Waals surface area contributed by atoms with E-state index in [1.807, 2.05) is 13.0 Å². The van der Waals surface area contributed by atoms with Crippen LogP contribution in [0.2, 0.25) is 0 Å². The maximum Gasteiger partial charge on any atom is 0.343 e. The Morgan fingerprint density at radius 1 is 1.10 bits per heavy atom. The Balaban J connectivity index is 2.23. The summed E-state index contributed by atoms with van der Waals surface area (Å²) in [5.41, 5.74) is 0.864. The molecule has 0 heterocycles. The summed E-state index contributed by atoms with van der Waals surface area (Å²) in [5.74, 6) is 0.0361. The van der Waals surface area contributed by atoms with Crippen molar-refractivity contribution in [3.63, 3.8) is 0 Å². The van der Waals surface area contributed by atoms with Gasteiger partial charge in [-0.15, -0.1) is 0 Å². The number of ether oxygens (including phenoxy) is 3. The molecule has 0 saturated carbocycles. The second kappa shape index (κ2) is 10.5. The van der Waals surface area contributed by atoms with Crippen LogP contribution in [0.25, 0.3) is 6.08 Å². The number of benzene rings is 2. The van der Waals surface area contributed by atoms with Crippen molar-refractivity contribution in [2.45, 2.75) is 13.3 Å². The molecule has 2 rings (SSSR count). The van der Waals surface area contributed by atoms with E-state index in [4.69, 9.17) is 14.2 Å². The third-order valence-electron chi connectivity index (χ3n) is 3.91. The van der Waals surface area contributed by atoms with Gasteiger partial charge in [-0.2, -0.15) is 5.26 Å². The van der Waals surface area contributed by atoms with Gasteiger partial charge in [-0.3, -0.25) is 4.79 Å². The van der Waals surface area contributed by atoms with Gasteiger partial charge in [0.15, 0.2) is 11.5 Å². The molecule has 0 bridgehead atoms. The van der Waals surface area contributed by atoms with Gasteiger partial charge in [-0.05, 0) is 48.4 Å². The first kappa shape index (κ1) is 21.5. The van der Waals surface area contributed by atoms with Gasteiger partial charge in [0.25, 0.3) is 5.91 Å². The first-order valence-electron chi connectivity index (χ1n) is 8.96. The van der Waals surface area contributed by atoms with Gasteiger partial charge in [0.05, 0.1) is 19.8 Å². The van der Waals surface area contributed by atoms with Crippen LogP contribution in [-0.4, -0.2) is 32.6 Å². The second-order valence-corrected chi connectivity index (χ2v) is 5.96. The summed E-state index contributed by atoms with van der Waals surface area (Å²) in [6, 6.07) is 13.2. The van der Waals surface area contributed by atoms with E-state index in [0.717, 1.165) is 6.42 Å². The highest BCUT2D eigenvalue weighted by atomic mass is 16.6. The lowest BCUT2D eigenvalue weighted by Crippen LogP contribution is -2.25. The molecule has 0 aliphatic heterocycles. The molecular formula is C22H22N2O5. The highest BCUT2D eigenvalue weighted by Gasteiger charge is 2.14. The second-order valence-electron chi connectivity index (χ2n) is 5.96. The number of esters is 1. The molecule has 1 N–H and O–H groups in total. The van der Waals surface area contributed by atoms with Crippen molar-refractivity contribution >= 4 is 18.0 Å². The molecule has 7 heteroatoms. The zero-order chi connectivity index (χ0) is 21.2. The van der Waals surface area contributed by atoms with E-state index in [0.29, 0.717) is 29.2 Å². The fourth-order valence-electron chi connectivity index (χ4n) is 2.42. The van der Waals surface area contributed by atoms with Crippen LogP contribution in [0.4, 0.5) is 0 Å². The summed E-state index contributed by atoms with van der Waals surface area (Å²) >= 11 is 0. The fraction of sp³-hybridized carbons (Fsp3) is 0.227. The first-order valence-corrected chi connectivity index (χ1v) is 8.96. The van der Waals surface area contributed by atoms with E-state index in [9.17, 15) is 14.9 Å². The van der Waals surface area contributed by atoms with Crippen LogP contribution >= 0.6 is 0 Å². The van der Waals surface area contributed by atoms with E-state index in [-0.39, 0.29) is 11.3 Å². The van der Waals surface area contributed by atoms with Gasteiger partial charge in [-0.1, -0.05) is 19.1 Å². The van der Waals surface area contributed by atoms with Crippen LogP contribution in [0, 0.1) is 11.3 Å². The van der Waals surface area contributed by atoms with Crippen LogP contribution in [-0.2, 0) is 4.79 Å². The molecule has 0 fully saturated rings. The average molecular weight is 394 g/mol. The zero-order valence-corrected chi connectivity index (χ0v) is 16.5. The van der Waals surface area contributed by atoms with Crippen molar-refractivity contribution < 1.29 is 23.8 Å². The minimum atomic E-state index is -0.567. The molecule has 0 radical (unpaired) electrons. The van der Waals surface area contributed by atoms with E-state index < -0.39 is 11.9 Å². The van der Waals surface area contributed by atoms with Gasteiger partial charge >= 0.3 is 5.97 Å². The lowest BCUT2D eigenvalue weighted by atomic mass is 10.1. The SMILES string of the molecule is CCCNC(=O)/C(C#N)=C/c1ccc(OC(=O)c2cccc(OC)c2)c(OC)c1. The maximum absolute atomic E-state index is 12.4. The van der Waals surface area contributed by atoms with Crippen molar-refractivity contribution in [2.75, 3.05) is 20.8 Å². The average Bonchev–Trinajstić information content (AvgIpc) is 2.76. The van der Waals surface area contributed by atoms with E-state index in [1.54, 1.807) is 42.5 Å². The molecule has 2 aromatic carbocycles. The molecule has 150 valence electrons. The first-order chi connectivity index (χ1) is 14.0. The van der Waals surface area contributed by atoms with Crippen molar-refractivity contribution in [1.82, 2.24) is 5.32 Å². The topological polar surface area (TPSA) is 97.7 Å². The van der Waals surface area contributed by atoms with E-state index >= 15 is 0 Å². The van der Waals surface area contributed by atoms with Crippen molar-refractivity contribution in [3.05, 3.63) is 59.2 Å². The lowest BCUT2D eigenvalue weighted by molar-refractivity contribution is -0.117. The molecule has 29 heavy (non-hydrogen) atoms. The number of hydrogen-bond acceptors (Lipinski definition) is 6. The molecule has 1 amide bonds. The quantitative estimate of drug-likeness (QED) is 0.319. The Morgan fingerprint density at radius 3 is 2.55 bits per heavy atom. The van der Waals surface area contributed by atoms with Crippen LogP contribution in [0.3, 0.4) is 0 Å². The standard InChI is InChI=1S/C22H22N2O5/c1-4-10-24-21(25)17(14-23)11-15-8-9-19(20(12-15)28-3)29-22(26)16-6-5-7-18(13-16)27-2/h5-9,11-13H,4,10H2,1-3H3,(H,24,25)/b17-11+. The van der Waals surface area contributed by atoms with Gasteiger partial charge in [0.1, 0.15) is 17.4 Å². The molecule has 0 aliphatic rings. The van der Waals surface area contributed by atoms with Gasteiger partial charge < -0.3 is 19.5 Å². The van der Waals surface area contributed by atoms with Crippen LogP contribution < -0.4 is 19.5 Å². The van der Waals surface area contributed by atoms with E-state index in [2.05, 4.69) is 5.32 Å². The number of nitrogens with one attached hydrogen (secondary N) is 1. The maximum atomic E-state index is 12.4. The molecule has 0 saturated heterocycles. The molecular weight excluding hydrogens is 372 g/mol. The highest BCUT2D eigenvalue weighted by Crippen LogP contribution is 2.30. The molecule has 0 spiro atoms. The van der Waals surface area contributed by atoms with Crippen molar-refractivity contribution in [3.8, 4) is 23.3 Å². The van der Waals surface area contributed by atoms with Crippen molar-refractivity contribution in [2.24, 2.45) is 0 Å². The molecule has 0 atom stereocenters. The number of amides is 1. The fourth-order valence-corrected chi connectivity index (χ4v) is 2.42. The molecule has 7 nitrogen and oxygen atoms in total. The number of nitrogens with zero attached hydrogens (tertiary/aromatic N) is 1. The third-order valence-corrected chi connectivity index (χ3v) is 3.91. The minimum absolute atomic E-state index is 0.0263. The Hall–Kier alpha value is -3.79. The summed E-state index contributed by atoms with van der Waals surface area (Å²) in [7, 11) is 2.95. The normalized spacial score (nSPS) is 10.6. The molecule has 0 aromatic heterocycles. The number of methoxy groups -OCH3 is 2. The third kappa shape index (κ3) is 5.84. The van der Waals surface area contributed by atoms with Gasteiger partial charge in [0.2, 0.25) is 0 Å².